The third-order valence-corrected chi connectivity index (χ3v) is 6.76. The van der Waals surface area contributed by atoms with Crippen molar-refractivity contribution >= 4 is 17.7 Å². The predicted octanol–water partition coefficient (Wildman–Crippen LogP) is 4.81. The molecule has 2 saturated carbocycles. The molecule has 6 heteroatoms. The van der Waals surface area contributed by atoms with Crippen LogP contribution in [0.4, 0.5) is 0 Å². The Labute approximate surface area is 171 Å². The Morgan fingerprint density at radius 1 is 1.18 bits per heavy atom. The second kappa shape index (κ2) is 8.68. The van der Waals surface area contributed by atoms with Crippen LogP contribution in [0.15, 0.2) is 35.5 Å². The smallest absolute Gasteiger partial charge is 0.236 e. The molecule has 2 aliphatic carbocycles. The molecule has 1 amide bonds. The van der Waals surface area contributed by atoms with Gasteiger partial charge in [0.2, 0.25) is 11.1 Å². The zero-order valence-corrected chi connectivity index (χ0v) is 17.7. The average molecular weight is 399 g/mol. The largest absolute Gasteiger partial charge is 0.339 e. The summed E-state index contributed by atoms with van der Waals surface area (Å²) in [5.41, 5.74) is 1.04. The Morgan fingerprint density at radius 3 is 2.54 bits per heavy atom. The van der Waals surface area contributed by atoms with Crippen LogP contribution >= 0.6 is 11.8 Å². The topological polar surface area (TPSA) is 51.0 Å². The highest BCUT2D eigenvalue weighted by Gasteiger charge is 2.32. The van der Waals surface area contributed by atoms with Gasteiger partial charge in [-0.25, -0.2) is 9.67 Å². The van der Waals surface area contributed by atoms with E-state index in [4.69, 9.17) is 10.1 Å². The molecular weight excluding hydrogens is 368 g/mol. The SMILES string of the molecule is CCN(C(=O)C(C)Sc1nc(C2CC2)n(-c2ccccc2)n1)C1CCCCC1. The number of aromatic nitrogens is 3. The van der Waals surface area contributed by atoms with Crippen LogP contribution in [-0.2, 0) is 4.79 Å². The number of rotatable bonds is 7. The third kappa shape index (κ3) is 4.27. The van der Waals surface area contributed by atoms with Crippen molar-refractivity contribution in [2.45, 2.75) is 81.2 Å². The van der Waals surface area contributed by atoms with Gasteiger partial charge in [0.15, 0.2) is 0 Å². The van der Waals surface area contributed by atoms with Crippen molar-refractivity contribution in [3.63, 3.8) is 0 Å². The maximum atomic E-state index is 13.1. The van der Waals surface area contributed by atoms with Gasteiger partial charge in [-0.15, -0.1) is 5.10 Å². The molecule has 1 atom stereocenters. The molecule has 0 N–H and O–H groups in total. The summed E-state index contributed by atoms with van der Waals surface area (Å²) in [6.07, 6.45) is 8.42. The number of hydrogen-bond acceptors (Lipinski definition) is 4. The van der Waals surface area contributed by atoms with E-state index in [0.717, 1.165) is 30.9 Å². The lowest BCUT2D eigenvalue weighted by atomic mass is 9.94. The second-order valence-electron chi connectivity index (χ2n) is 7.95. The number of carbonyl (C=O) groups excluding carboxylic acids is 1. The molecule has 1 aromatic carbocycles. The van der Waals surface area contributed by atoms with E-state index in [1.54, 1.807) is 0 Å². The van der Waals surface area contributed by atoms with Crippen LogP contribution in [-0.4, -0.2) is 43.4 Å². The zero-order valence-electron chi connectivity index (χ0n) is 16.9. The summed E-state index contributed by atoms with van der Waals surface area (Å²) in [5, 5.41) is 5.31. The first kappa shape index (κ1) is 19.5. The molecule has 0 radical (unpaired) electrons. The van der Waals surface area contributed by atoms with Crippen molar-refractivity contribution in [3.05, 3.63) is 36.2 Å². The van der Waals surface area contributed by atoms with Crippen LogP contribution in [0.2, 0.25) is 0 Å². The number of carbonyl (C=O) groups is 1. The van der Waals surface area contributed by atoms with Crippen molar-refractivity contribution in [3.8, 4) is 5.69 Å². The van der Waals surface area contributed by atoms with E-state index in [1.807, 2.05) is 29.8 Å². The summed E-state index contributed by atoms with van der Waals surface area (Å²) < 4.78 is 1.97. The first-order valence-electron chi connectivity index (χ1n) is 10.7. The fourth-order valence-corrected chi connectivity index (χ4v) is 4.98. The average Bonchev–Trinajstić information content (AvgIpc) is 3.50. The van der Waals surface area contributed by atoms with Crippen LogP contribution in [0.3, 0.4) is 0 Å². The standard InChI is InChI=1S/C22H30N4OS/c1-3-25(18-10-6-4-7-11-18)21(27)16(2)28-22-23-20(17-14-15-17)26(24-22)19-12-8-5-9-13-19/h5,8-9,12-13,16-18H,3-4,6-7,10-11,14-15H2,1-2H3. The number of thioether (sulfide) groups is 1. The molecule has 0 aliphatic heterocycles. The zero-order chi connectivity index (χ0) is 19.5. The molecule has 2 fully saturated rings. The van der Waals surface area contributed by atoms with Gasteiger partial charge in [0.25, 0.3) is 0 Å². The van der Waals surface area contributed by atoms with Gasteiger partial charge in [0.05, 0.1) is 10.9 Å². The maximum absolute atomic E-state index is 13.1. The number of benzene rings is 1. The van der Waals surface area contributed by atoms with Crippen LogP contribution in [0.5, 0.6) is 0 Å². The maximum Gasteiger partial charge on any atom is 0.236 e. The van der Waals surface area contributed by atoms with E-state index >= 15 is 0 Å². The Morgan fingerprint density at radius 2 is 1.89 bits per heavy atom. The molecular formula is C22H30N4OS. The van der Waals surface area contributed by atoms with Crippen molar-refractivity contribution in [1.82, 2.24) is 19.7 Å². The molecule has 1 unspecified atom stereocenters. The Hall–Kier alpha value is -1.82. The van der Waals surface area contributed by atoms with Crippen LogP contribution < -0.4 is 0 Å². The van der Waals surface area contributed by atoms with E-state index in [9.17, 15) is 4.79 Å². The molecule has 4 rings (SSSR count). The lowest BCUT2D eigenvalue weighted by molar-refractivity contribution is -0.133. The van der Waals surface area contributed by atoms with Crippen LogP contribution in [0.25, 0.3) is 5.69 Å². The van der Waals surface area contributed by atoms with Crippen molar-refractivity contribution in [1.29, 1.82) is 0 Å². The summed E-state index contributed by atoms with van der Waals surface area (Å²) in [6, 6.07) is 10.6. The highest BCUT2D eigenvalue weighted by atomic mass is 32.2. The predicted molar refractivity (Wildman–Crippen MR) is 113 cm³/mol. The van der Waals surface area contributed by atoms with Crippen molar-refractivity contribution < 1.29 is 4.79 Å². The molecule has 0 saturated heterocycles. The minimum Gasteiger partial charge on any atom is -0.339 e. The van der Waals surface area contributed by atoms with Gasteiger partial charge < -0.3 is 4.90 Å². The molecule has 28 heavy (non-hydrogen) atoms. The third-order valence-electron chi connectivity index (χ3n) is 5.83. The molecule has 1 aromatic heterocycles. The Balaban J connectivity index is 1.49. The van der Waals surface area contributed by atoms with E-state index in [2.05, 4.69) is 24.0 Å². The molecule has 0 bridgehead atoms. The Kier molecular flexibility index (Phi) is 6.04. The quantitative estimate of drug-likeness (QED) is 0.628. The minimum absolute atomic E-state index is 0.166. The van der Waals surface area contributed by atoms with E-state index < -0.39 is 0 Å². The van der Waals surface area contributed by atoms with Gasteiger partial charge in [-0.05, 0) is 51.7 Å². The fourth-order valence-electron chi connectivity index (χ4n) is 4.15. The van der Waals surface area contributed by atoms with Gasteiger partial charge in [-0.1, -0.05) is 49.2 Å². The van der Waals surface area contributed by atoms with Crippen molar-refractivity contribution in [2.24, 2.45) is 0 Å². The number of para-hydroxylation sites is 1. The molecule has 1 heterocycles. The first-order chi connectivity index (χ1) is 13.7. The summed E-state index contributed by atoms with van der Waals surface area (Å²) in [5.74, 6) is 1.76. The molecule has 150 valence electrons. The normalized spacial score (nSPS) is 18.8. The number of hydrogen-bond donors (Lipinski definition) is 0. The molecule has 5 nitrogen and oxygen atoms in total. The van der Waals surface area contributed by atoms with Gasteiger partial charge in [0, 0.05) is 18.5 Å². The van der Waals surface area contributed by atoms with Gasteiger partial charge in [0.1, 0.15) is 5.82 Å². The van der Waals surface area contributed by atoms with Crippen LogP contribution in [0, 0.1) is 0 Å². The fraction of sp³-hybridized carbons (Fsp3) is 0.591. The first-order valence-corrected chi connectivity index (χ1v) is 11.5. The van der Waals surface area contributed by atoms with Gasteiger partial charge in [-0.2, -0.15) is 0 Å². The van der Waals surface area contributed by atoms with E-state index in [-0.39, 0.29) is 11.2 Å². The summed E-state index contributed by atoms with van der Waals surface area (Å²) in [4.78, 5) is 20.0. The highest BCUT2D eigenvalue weighted by molar-refractivity contribution is 8.00. The lowest BCUT2D eigenvalue weighted by Crippen LogP contribution is -2.44. The molecule has 2 aliphatic rings. The van der Waals surface area contributed by atoms with Gasteiger partial charge in [-0.3, -0.25) is 4.79 Å². The Bertz CT molecular complexity index is 796. The van der Waals surface area contributed by atoms with Crippen LogP contribution in [0.1, 0.15) is 70.5 Å². The van der Waals surface area contributed by atoms with E-state index in [1.165, 1.54) is 43.9 Å². The summed E-state index contributed by atoms with van der Waals surface area (Å²) in [6.45, 7) is 4.88. The second-order valence-corrected chi connectivity index (χ2v) is 9.26. The summed E-state index contributed by atoms with van der Waals surface area (Å²) in [7, 11) is 0. The minimum atomic E-state index is -0.166. The number of nitrogens with zero attached hydrogens (tertiary/aromatic N) is 4. The van der Waals surface area contributed by atoms with Gasteiger partial charge >= 0.3 is 0 Å². The monoisotopic (exact) mass is 398 g/mol. The highest BCUT2D eigenvalue weighted by Crippen LogP contribution is 2.40. The molecule has 2 aromatic rings. The lowest BCUT2D eigenvalue weighted by Gasteiger charge is -2.35. The number of amides is 1. The van der Waals surface area contributed by atoms with Crippen molar-refractivity contribution in [2.75, 3.05) is 6.54 Å². The molecule has 0 spiro atoms. The summed E-state index contributed by atoms with van der Waals surface area (Å²) >= 11 is 1.50. The van der Waals surface area contributed by atoms with E-state index in [0.29, 0.717) is 17.1 Å².